The molecular formula is C12H25NO2. The maximum Gasteiger partial charge on any atom is 0.0771 e. The molecule has 0 saturated heterocycles. The van der Waals surface area contributed by atoms with Crippen LogP contribution in [-0.4, -0.2) is 36.5 Å². The lowest BCUT2D eigenvalue weighted by molar-refractivity contribution is 0.0452. The van der Waals surface area contributed by atoms with Crippen LogP contribution in [0.2, 0.25) is 0 Å². The summed E-state index contributed by atoms with van der Waals surface area (Å²) in [6, 6.07) is 0. The first-order valence-electron chi connectivity index (χ1n) is 6.17. The largest absolute Gasteiger partial charge is 0.389 e. The highest BCUT2D eigenvalue weighted by molar-refractivity contribution is 4.85. The van der Waals surface area contributed by atoms with Gasteiger partial charge in [-0.2, -0.15) is 0 Å². The average Bonchev–Trinajstić information content (AvgIpc) is 2.58. The van der Waals surface area contributed by atoms with E-state index in [1.807, 2.05) is 0 Å². The lowest BCUT2D eigenvalue weighted by atomic mass is 10.0. The molecule has 0 bridgehead atoms. The zero-order valence-electron chi connectivity index (χ0n) is 10.1. The Morgan fingerprint density at radius 1 is 1.33 bits per heavy atom. The fourth-order valence-electron chi connectivity index (χ4n) is 2.05. The van der Waals surface area contributed by atoms with Crippen molar-refractivity contribution in [2.45, 2.75) is 57.7 Å². The second-order valence-electron chi connectivity index (χ2n) is 4.88. The predicted octanol–water partition coefficient (Wildman–Crippen LogP) is 1.70. The Kier molecular flexibility index (Phi) is 5.58. The summed E-state index contributed by atoms with van der Waals surface area (Å²) in [6.07, 6.45) is 5.62. The first-order valence-corrected chi connectivity index (χ1v) is 6.17. The number of hydrogen-bond acceptors (Lipinski definition) is 3. The third-order valence-electron chi connectivity index (χ3n) is 2.94. The summed E-state index contributed by atoms with van der Waals surface area (Å²) in [5.74, 6) is 0. The smallest absolute Gasteiger partial charge is 0.0771 e. The van der Waals surface area contributed by atoms with Crippen molar-refractivity contribution in [2.24, 2.45) is 0 Å². The summed E-state index contributed by atoms with van der Waals surface area (Å²) in [7, 11) is 0. The van der Waals surface area contributed by atoms with Gasteiger partial charge in [-0.05, 0) is 39.7 Å². The monoisotopic (exact) mass is 215 g/mol. The molecule has 0 aromatic carbocycles. The molecule has 1 aliphatic carbocycles. The fraction of sp³-hybridized carbons (Fsp3) is 1.00. The van der Waals surface area contributed by atoms with Gasteiger partial charge in [-0.15, -0.1) is 0 Å². The molecule has 1 fully saturated rings. The molecule has 1 aliphatic rings. The van der Waals surface area contributed by atoms with E-state index < -0.39 is 5.60 Å². The van der Waals surface area contributed by atoms with E-state index in [0.29, 0.717) is 6.10 Å². The van der Waals surface area contributed by atoms with Crippen LogP contribution in [0.3, 0.4) is 0 Å². The number of rotatable bonds is 7. The SMILES string of the molecule is CC(C)OCCCNCC1(O)CCCC1. The number of hydrogen-bond donors (Lipinski definition) is 2. The number of ether oxygens (including phenoxy) is 1. The highest BCUT2D eigenvalue weighted by Crippen LogP contribution is 2.28. The molecule has 15 heavy (non-hydrogen) atoms. The summed E-state index contributed by atoms with van der Waals surface area (Å²) in [5, 5.41) is 13.4. The lowest BCUT2D eigenvalue weighted by Gasteiger charge is -2.22. The van der Waals surface area contributed by atoms with Crippen molar-refractivity contribution >= 4 is 0 Å². The molecule has 0 spiro atoms. The summed E-state index contributed by atoms with van der Waals surface area (Å²) in [5.41, 5.74) is -0.418. The molecule has 2 N–H and O–H groups in total. The maximum absolute atomic E-state index is 10.0. The van der Waals surface area contributed by atoms with E-state index in [4.69, 9.17) is 4.74 Å². The molecule has 90 valence electrons. The van der Waals surface area contributed by atoms with Crippen LogP contribution in [0.1, 0.15) is 46.0 Å². The first kappa shape index (κ1) is 12.9. The van der Waals surface area contributed by atoms with Crippen LogP contribution in [0.5, 0.6) is 0 Å². The second kappa shape index (κ2) is 6.46. The van der Waals surface area contributed by atoms with Gasteiger partial charge in [0, 0.05) is 13.2 Å². The molecule has 0 aromatic heterocycles. The van der Waals surface area contributed by atoms with Gasteiger partial charge in [-0.25, -0.2) is 0 Å². The standard InChI is InChI=1S/C12H25NO2/c1-11(2)15-9-5-8-13-10-12(14)6-3-4-7-12/h11,13-14H,3-10H2,1-2H3. The molecule has 0 unspecified atom stereocenters. The van der Waals surface area contributed by atoms with Gasteiger partial charge in [0.15, 0.2) is 0 Å². The van der Waals surface area contributed by atoms with Crippen LogP contribution in [0.4, 0.5) is 0 Å². The van der Waals surface area contributed by atoms with Gasteiger partial charge in [0.25, 0.3) is 0 Å². The van der Waals surface area contributed by atoms with Crippen LogP contribution >= 0.6 is 0 Å². The van der Waals surface area contributed by atoms with E-state index in [2.05, 4.69) is 19.2 Å². The van der Waals surface area contributed by atoms with Crippen molar-refractivity contribution in [1.29, 1.82) is 0 Å². The topological polar surface area (TPSA) is 41.5 Å². The van der Waals surface area contributed by atoms with Crippen molar-refractivity contribution < 1.29 is 9.84 Å². The molecule has 0 amide bonds. The fourth-order valence-corrected chi connectivity index (χ4v) is 2.05. The van der Waals surface area contributed by atoms with E-state index in [-0.39, 0.29) is 0 Å². The summed E-state index contributed by atoms with van der Waals surface area (Å²) >= 11 is 0. The van der Waals surface area contributed by atoms with Crippen molar-refractivity contribution in [3.05, 3.63) is 0 Å². The van der Waals surface area contributed by atoms with Gasteiger partial charge >= 0.3 is 0 Å². The Bertz CT molecular complexity index is 165. The maximum atomic E-state index is 10.0. The van der Waals surface area contributed by atoms with Crippen LogP contribution in [0.25, 0.3) is 0 Å². The van der Waals surface area contributed by atoms with E-state index in [0.717, 1.165) is 39.0 Å². The zero-order chi connectivity index (χ0) is 11.1. The van der Waals surface area contributed by atoms with Crippen LogP contribution < -0.4 is 5.32 Å². The molecule has 0 radical (unpaired) electrons. The highest BCUT2D eigenvalue weighted by atomic mass is 16.5. The number of aliphatic hydroxyl groups is 1. The molecule has 0 aliphatic heterocycles. The van der Waals surface area contributed by atoms with Gasteiger partial charge in [0.1, 0.15) is 0 Å². The highest BCUT2D eigenvalue weighted by Gasteiger charge is 2.30. The molecule has 0 heterocycles. The Balaban J connectivity index is 1.92. The Morgan fingerprint density at radius 3 is 2.60 bits per heavy atom. The van der Waals surface area contributed by atoms with Gasteiger partial charge in [-0.3, -0.25) is 0 Å². The van der Waals surface area contributed by atoms with Gasteiger partial charge in [0.2, 0.25) is 0 Å². The van der Waals surface area contributed by atoms with Crippen molar-refractivity contribution in [2.75, 3.05) is 19.7 Å². The van der Waals surface area contributed by atoms with Gasteiger partial charge in [0.05, 0.1) is 11.7 Å². The first-order chi connectivity index (χ1) is 7.12. The minimum Gasteiger partial charge on any atom is -0.389 e. The third kappa shape index (κ3) is 5.50. The Hall–Kier alpha value is -0.120. The Morgan fingerprint density at radius 2 is 2.00 bits per heavy atom. The van der Waals surface area contributed by atoms with E-state index in [1.54, 1.807) is 0 Å². The molecular weight excluding hydrogens is 190 g/mol. The Labute approximate surface area is 93.2 Å². The summed E-state index contributed by atoms with van der Waals surface area (Å²) < 4.78 is 5.44. The van der Waals surface area contributed by atoms with Crippen molar-refractivity contribution in [3.8, 4) is 0 Å². The van der Waals surface area contributed by atoms with Crippen molar-refractivity contribution in [3.63, 3.8) is 0 Å². The molecule has 0 atom stereocenters. The lowest BCUT2D eigenvalue weighted by Crippen LogP contribution is -2.38. The minimum atomic E-state index is -0.418. The molecule has 1 rings (SSSR count). The molecule has 3 heteroatoms. The van der Waals surface area contributed by atoms with Gasteiger partial charge in [-0.1, -0.05) is 12.8 Å². The van der Waals surface area contributed by atoms with E-state index in [9.17, 15) is 5.11 Å². The predicted molar refractivity (Wildman–Crippen MR) is 62.0 cm³/mol. The number of nitrogens with one attached hydrogen (secondary N) is 1. The normalized spacial score (nSPS) is 20.0. The molecule has 0 aromatic rings. The van der Waals surface area contributed by atoms with Crippen LogP contribution in [0, 0.1) is 0 Å². The summed E-state index contributed by atoms with van der Waals surface area (Å²) in [6.45, 7) is 6.59. The quantitative estimate of drug-likeness (QED) is 0.635. The third-order valence-corrected chi connectivity index (χ3v) is 2.94. The molecule has 1 saturated carbocycles. The zero-order valence-corrected chi connectivity index (χ0v) is 10.1. The van der Waals surface area contributed by atoms with Crippen LogP contribution in [-0.2, 0) is 4.74 Å². The van der Waals surface area contributed by atoms with E-state index in [1.165, 1.54) is 12.8 Å². The van der Waals surface area contributed by atoms with Gasteiger partial charge < -0.3 is 15.2 Å². The summed E-state index contributed by atoms with van der Waals surface area (Å²) in [4.78, 5) is 0. The second-order valence-corrected chi connectivity index (χ2v) is 4.88. The minimum absolute atomic E-state index is 0.323. The van der Waals surface area contributed by atoms with Crippen molar-refractivity contribution in [1.82, 2.24) is 5.32 Å². The van der Waals surface area contributed by atoms with Crippen LogP contribution in [0.15, 0.2) is 0 Å². The molecule has 3 nitrogen and oxygen atoms in total. The van der Waals surface area contributed by atoms with E-state index >= 15 is 0 Å². The average molecular weight is 215 g/mol.